The summed E-state index contributed by atoms with van der Waals surface area (Å²) < 4.78 is 11.5. The normalized spacial score (nSPS) is 18.9. The Balaban J connectivity index is 1.40. The number of nitrogens with zero attached hydrogens (tertiary/aromatic N) is 1. The summed E-state index contributed by atoms with van der Waals surface area (Å²) in [5.41, 5.74) is 5.11. The number of hydrogen-bond acceptors (Lipinski definition) is 3. The number of benzene rings is 2. The molecule has 26 heavy (non-hydrogen) atoms. The lowest BCUT2D eigenvalue weighted by Crippen LogP contribution is -2.23. The number of ether oxygens (including phenoxy) is 2. The van der Waals surface area contributed by atoms with Crippen molar-refractivity contribution in [2.75, 3.05) is 24.7 Å². The molecule has 0 saturated carbocycles. The lowest BCUT2D eigenvalue weighted by molar-refractivity contribution is -0.162. The van der Waals surface area contributed by atoms with Crippen molar-refractivity contribution in [2.45, 2.75) is 38.4 Å². The molecule has 2 aromatic rings. The minimum absolute atomic E-state index is 0.0209. The van der Waals surface area contributed by atoms with E-state index in [9.17, 15) is 0 Å². The van der Waals surface area contributed by atoms with Crippen molar-refractivity contribution in [3.05, 3.63) is 59.7 Å². The molecule has 136 valence electrons. The zero-order valence-electron chi connectivity index (χ0n) is 15.3. The minimum atomic E-state index is 0.0209. The average Bonchev–Trinajstić information content (AvgIpc) is 2.86. The van der Waals surface area contributed by atoms with Gasteiger partial charge < -0.3 is 14.4 Å². The standard InChI is InChI=1S/C23H27NO2/c1-3-11-21-19(9-1)14-15-20-10-2-4-12-22(20)24(21)16-6-8-18-26-23-13-5-7-17-25-23/h1-4,9-12,14-15,23H,5-8,13,16-18H2. The second kappa shape index (κ2) is 8.52. The fourth-order valence-electron chi connectivity index (χ4n) is 3.73. The van der Waals surface area contributed by atoms with Crippen molar-refractivity contribution in [2.24, 2.45) is 0 Å². The van der Waals surface area contributed by atoms with Gasteiger partial charge >= 0.3 is 0 Å². The molecule has 2 aliphatic rings. The second-order valence-corrected chi connectivity index (χ2v) is 6.98. The van der Waals surface area contributed by atoms with Crippen LogP contribution in [0.25, 0.3) is 12.2 Å². The molecule has 0 aromatic heterocycles. The molecule has 4 rings (SSSR count). The molecule has 2 heterocycles. The quantitative estimate of drug-likeness (QED) is 0.631. The third-order valence-electron chi connectivity index (χ3n) is 5.12. The average molecular weight is 349 g/mol. The Bertz CT molecular complexity index is 700. The summed E-state index contributed by atoms with van der Waals surface area (Å²) >= 11 is 0. The van der Waals surface area contributed by atoms with Crippen LogP contribution >= 0.6 is 0 Å². The highest BCUT2D eigenvalue weighted by Gasteiger charge is 2.17. The Kier molecular flexibility index (Phi) is 5.68. The summed E-state index contributed by atoms with van der Waals surface area (Å²) in [6.45, 7) is 2.61. The molecule has 0 amide bonds. The van der Waals surface area contributed by atoms with Crippen LogP contribution in [0.15, 0.2) is 48.5 Å². The molecule has 0 radical (unpaired) electrons. The van der Waals surface area contributed by atoms with Crippen molar-refractivity contribution in [1.82, 2.24) is 0 Å². The monoisotopic (exact) mass is 349 g/mol. The van der Waals surface area contributed by atoms with Gasteiger partial charge in [0, 0.05) is 31.1 Å². The molecule has 0 aliphatic carbocycles. The lowest BCUT2D eigenvalue weighted by Gasteiger charge is -2.27. The Morgan fingerprint density at radius 1 is 0.885 bits per heavy atom. The van der Waals surface area contributed by atoms with E-state index >= 15 is 0 Å². The summed E-state index contributed by atoms with van der Waals surface area (Å²) in [5.74, 6) is 0. The van der Waals surface area contributed by atoms with E-state index in [-0.39, 0.29) is 6.29 Å². The van der Waals surface area contributed by atoms with E-state index in [1.807, 2.05) is 0 Å². The largest absolute Gasteiger partial charge is 0.353 e. The van der Waals surface area contributed by atoms with Crippen LogP contribution in [0.5, 0.6) is 0 Å². The highest BCUT2D eigenvalue weighted by molar-refractivity contribution is 5.88. The zero-order chi connectivity index (χ0) is 17.6. The van der Waals surface area contributed by atoms with Gasteiger partial charge in [0.25, 0.3) is 0 Å². The first-order chi connectivity index (χ1) is 12.9. The van der Waals surface area contributed by atoms with E-state index in [0.717, 1.165) is 39.0 Å². The Labute approximate surface area is 156 Å². The van der Waals surface area contributed by atoms with Crippen LogP contribution in [0, 0.1) is 0 Å². The Morgan fingerprint density at radius 2 is 1.58 bits per heavy atom. The maximum Gasteiger partial charge on any atom is 0.157 e. The van der Waals surface area contributed by atoms with Gasteiger partial charge in [-0.15, -0.1) is 0 Å². The van der Waals surface area contributed by atoms with Gasteiger partial charge in [-0.3, -0.25) is 0 Å². The molecule has 2 aromatic carbocycles. The number of fused-ring (bicyclic) bond motifs is 2. The van der Waals surface area contributed by atoms with Gasteiger partial charge in [0.05, 0.1) is 0 Å². The Hall–Kier alpha value is -2.10. The smallest absolute Gasteiger partial charge is 0.157 e. The van der Waals surface area contributed by atoms with E-state index in [2.05, 4.69) is 65.6 Å². The van der Waals surface area contributed by atoms with Crippen LogP contribution in [0.4, 0.5) is 11.4 Å². The van der Waals surface area contributed by atoms with Crippen LogP contribution < -0.4 is 4.90 Å². The molecule has 3 nitrogen and oxygen atoms in total. The van der Waals surface area contributed by atoms with Crippen LogP contribution in [-0.2, 0) is 9.47 Å². The molecule has 1 unspecified atom stereocenters. The second-order valence-electron chi connectivity index (χ2n) is 6.98. The first kappa shape index (κ1) is 17.3. The van der Waals surface area contributed by atoms with E-state index in [4.69, 9.17) is 9.47 Å². The van der Waals surface area contributed by atoms with E-state index in [1.165, 1.54) is 35.3 Å². The van der Waals surface area contributed by atoms with E-state index < -0.39 is 0 Å². The van der Waals surface area contributed by atoms with Gasteiger partial charge in [0.2, 0.25) is 0 Å². The minimum Gasteiger partial charge on any atom is -0.353 e. The van der Waals surface area contributed by atoms with Crippen LogP contribution in [0.2, 0.25) is 0 Å². The maximum absolute atomic E-state index is 5.88. The van der Waals surface area contributed by atoms with Gasteiger partial charge in [-0.05, 0) is 55.4 Å². The fraction of sp³-hybridized carbons (Fsp3) is 0.391. The predicted molar refractivity (Wildman–Crippen MR) is 108 cm³/mol. The Morgan fingerprint density at radius 3 is 2.23 bits per heavy atom. The third-order valence-corrected chi connectivity index (χ3v) is 5.12. The summed E-state index contributed by atoms with van der Waals surface area (Å²) in [6.07, 6.45) is 10.0. The predicted octanol–water partition coefficient (Wildman–Crippen LogP) is 5.63. The number of anilines is 2. The summed E-state index contributed by atoms with van der Waals surface area (Å²) in [5, 5.41) is 0. The molecule has 2 aliphatic heterocycles. The van der Waals surface area contributed by atoms with Gasteiger partial charge in [-0.1, -0.05) is 48.6 Å². The van der Waals surface area contributed by atoms with Crippen molar-refractivity contribution in [3.63, 3.8) is 0 Å². The topological polar surface area (TPSA) is 21.7 Å². The van der Waals surface area contributed by atoms with Gasteiger partial charge in [0.1, 0.15) is 0 Å². The number of hydrogen-bond donors (Lipinski definition) is 0. The van der Waals surface area contributed by atoms with Crippen molar-refractivity contribution >= 4 is 23.5 Å². The maximum atomic E-state index is 5.88. The summed E-state index contributed by atoms with van der Waals surface area (Å²) in [6, 6.07) is 17.3. The molecular weight excluding hydrogens is 322 g/mol. The van der Waals surface area contributed by atoms with Gasteiger partial charge in [-0.2, -0.15) is 0 Å². The molecule has 1 saturated heterocycles. The highest BCUT2D eigenvalue weighted by Crippen LogP contribution is 2.36. The molecule has 0 N–H and O–H groups in total. The first-order valence-corrected chi connectivity index (χ1v) is 9.79. The van der Waals surface area contributed by atoms with Crippen LogP contribution in [0.3, 0.4) is 0 Å². The number of para-hydroxylation sites is 2. The number of rotatable bonds is 6. The van der Waals surface area contributed by atoms with Crippen LogP contribution in [-0.4, -0.2) is 26.0 Å². The lowest BCUT2D eigenvalue weighted by atomic mass is 10.1. The summed E-state index contributed by atoms with van der Waals surface area (Å²) in [7, 11) is 0. The molecular formula is C23H27NO2. The molecule has 0 spiro atoms. The van der Waals surface area contributed by atoms with E-state index in [1.54, 1.807) is 0 Å². The first-order valence-electron chi connectivity index (χ1n) is 9.79. The van der Waals surface area contributed by atoms with Crippen molar-refractivity contribution < 1.29 is 9.47 Å². The van der Waals surface area contributed by atoms with Crippen LogP contribution in [0.1, 0.15) is 43.2 Å². The van der Waals surface area contributed by atoms with Gasteiger partial charge in [-0.25, -0.2) is 0 Å². The molecule has 1 fully saturated rings. The highest BCUT2D eigenvalue weighted by atomic mass is 16.7. The molecule has 1 atom stereocenters. The molecule has 0 bridgehead atoms. The third kappa shape index (κ3) is 4.00. The summed E-state index contributed by atoms with van der Waals surface area (Å²) in [4.78, 5) is 2.45. The van der Waals surface area contributed by atoms with Crippen molar-refractivity contribution in [1.29, 1.82) is 0 Å². The zero-order valence-corrected chi connectivity index (χ0v) is 15.3. The SMILES string of the molecule is C1=Cc2ccccc2N(CCCCOC2CCCCO2)c2ccccc21. The fourth-order valence-corrected chi connectivity index (χ4v) is 3.73. The molecule has 3 heteroatoms. The van der Waals surface area contributed by atoms with E-state index in [0.29, 0.717) is 0 Å². The van der Waals surface area contributed by atoms with Crippen molar-refractivity contribution in [3.8, 4) is 0 Å². The number of unbranched alkanes of at least 4 members (excludes halogenated alkanes) is 1. The van der Waals surface area contributed by atoms with Gasteiger partial charge in [0.15, 0.2) is 6.29 Å².